The van der Waals surface area contributed by atoms with Crippen molar-refractivity contribution in [2.75, 3.05) is 6.54 Å². The molecule has 148 valence electrons. The summed E-state index contributed by atoms with van der Waals surface area (Å²) in [5.41, 5.74) is 1.89. The van der Waals surface area contributed by atoms with Crippen LogP contribution in [-0.2, 0) is 11.2 Å². The second kappa shape index (κ2) is 10.6. The Morgan fingerprint density at radius 2 is 1.72 bits per heavy atom. The Labute approximate surface area is 179 Å². The van der Waals surface area contributed by atoms with Crippen LogP contribution in [0.4, 0.5) is 0 Å². The van der Waals surface area contributed by atoms with Crippen LogP contribution in [0, 0.1) is 0 Å². The lowest BCUT2D eigenvalue weighted by Gasteiger charge is -2.11. The molecule has 0 saturated heterocycles. The molecule has 1 aromatic heterocycles. The molecule has 1 heterocycles. The summed E-state index contributed by atoms with van der Waals surface area (Å²) in [4.78, 5) is 26.1. The molecule has 3 aromatic rings. The van der Waals surface area contributed by atoms with Gasteiger partial charge in [-0.25, -0.2) is 0 Å². The Hall–Kier alpha value is -2.89. The number of nitrogens with one attached hydrogen (secondary N) is 2. The Balaban J connectivity index is 1.60. The van der Waals surface area contributed by atoms with Gasteiger partial charge in [0.25, 0.3) is 11.8 Å². The third kappa shape index (κ3) is 6.59. The first kappa shape index (κ1) is 20.8. The number of rotatable bonds is 8. The fraction of sp³-hybridized carbons (Fsp3) is 0.130. The molecule has 2 N–H and O–H groups in total. The summed E-state index contributed by atoms with van der Waals surface area (Å²) in [6.07, 6.45) is 3.31. The second-order valence-electron chi connectivity index (χ2n) is 6.38. The van der Waals surface area contributed by atoms with Crippen molar-refractivity contribution >= 4 is 40.8 Å². The average molecular weight is 425 g/mol. The molecule has 29 heavy (non-hydrogen) atoms. The van der Waals surface area contributed by atoms with E-state index in [2.05, 4.69) is 10.6 Å². The van der Waals surface area contributed by atoms with Gasteiger partial charge in [0.2, 0.25) is 0 Å². The third-order valence-electron chi connectivity index (χ3n) is 4.20. The number of aryl methyl sites for hydroxylation is 1. The molecule has 0 bridgehead atoms. The molecule has 0 aliphatic carbocycles. The van der Waals surface area contributed by atoms with E-state index in [0.29, 0.717) is 17.1 Å². The number of hydrogen-bond donors (Lipinski definition) is 2. The van der Waals surface area contributed by atoms with E-state index in [1.54, 1.807) is 30.3 Å². The van der Waals surface area contributed by atoms with Crippen molar-refractivity contribution in [2.45, 2.75) is 12.8 Å². The molecule has 0 unspecified atom stereocenters. The Morgan fingerprint density at radius 3 is 2.41 bits per heavy atom. The molecule has 0 fully saturated rings. The summed E-state index contributed by atoms with van der Waals surface area (Å²) in [6.45, 7) is 0.504. The van der Waals surface area contributed by atoms with Crippen LogP contribution in [0.3, 0.4) is 0 Å². The van der Waals surface area contributed by atoms with Crippen molar-refractivity contribution in [1.29, 1.82) is 0 Å². The van der Waals surface area contributed by atoms with E-state index in [1.165, 1.54) is 11.3 Å². The van der Waals surface area contributed by atoms with Crippen LogP contribution in [0.15, 0.2) is 77.8 Å². The molecular weight excluding hydrogens is 404 g/mol. The van der Waals surface area contributed by atoms with Gasteiger partial charge in [0.05, 0.1) is 0 Å². The topological polar surface area (TPSA) is 58.2 Å². The molecule has 4 nitrogen and oxygen atoms in total. The first-order chi connectivity index (χ1) is 14.1. The minimum absolute atomic E-state index is 0.229. The zero-order chi connectivity index (χ0) is 20.5. The molecule has 2 aromatic carbocycles. The zero-order valence-corrected chi connectivity index (χ0v) is 17.3. The largest absolute Gasteiger partial charge is 0.351 e. The van der Waals surface area contributed by atoms with Gasteiger partial charge in [0.15, 0.2) is 0 Å². The lowest BCUT2D eigenvalue weighted by molar-refractivity contribution is -0.117. The van der Waals surface area contributed by atoms with Crippen LogP contribution < -0.4 is 10.6 Å². The van der Waals surface area contributed by atoms with Gasteiger partial charge in [0, 0.05) is 22.0 Å². The summed E-state index contributed by atoms with van der Waals surface area (Å²) >= 11 is 7.40. The lowest BCUT2D eigenvalue weighted by atomic mass is 10.1. The molecule has 2 amide bonds. The maximum absolute atomic E-state index is 12.7. The Bertz CT molecular complexity index is 968. The number of carbonyl (C=O) groups excluding carboxylic acids is 2. The van der Waals surface area contributed by atoms with Gasteiger partial charge >= 0.3 is 0 Å². The molecular formula is C23H21ClN2O2S. The van der Waals surface area contributed by atoms with Gasteiger partial charge in [-0.15, -0.1) is 11.3 Å². The van der Waals surface area contributed by atoms with Crippen LogP contribution in [0.2, 0.25) is 5.02 Å². The van der Waals surface area contributed by atoms with Gasteiger partial charge in [-0.05, 0) is 60.2 Å². The number of carbonyl (C=O) groups is 2. The third-order valence-corrected chi connectivity index (χ3v) is 5.27. The van der Waals surface area contributed by atoms with Crippen molar-refractivity contribution < 1.29 is 9.59 Å². The number of halogens is 1. The van der Waals surface area contributed by atoms with E-state index in [4.69, 9.17) is 11.6 Å². The highest BCUT2D eigenvalue weighted by Gasteiger charge is 2.14. The second-order valence-corrected chi connectivity index (χ2v) is 7.80. The minimum atomic E-state index is -0.315. The summed E-state index contributed by atoms with van der Waals surface area (Å²) in [5, 5.41) is 8.26. The van der Waals surface area contributed by atoms with Crippen molar-refractivity contribution in [3.8, 4) is 0 Å². The zero-order valence-electron chi connectivity index (χ0n) is 15.7. The molecule has 0 aliphatic rings. The van der Waals surface area contributed by atoms with Crippen LogP contribution in [-0.4, -0.2) is 18.4 Å². The van der Waals surface area contributed by atoms with Crippen LogP contribution in [0.25, 0.3) is 6.08 Å². The molecule has 6 heteroatoms. The smallest absolute Gasteiger partial charge is 0.267 e. The number of amides is 2. The van der Waals surface area contributed by atoms with E-state index >= 15 is 0 Å². The molecule has 0 spiro atoms. The highest BCUT2D eigenvalue weighted by molar-refractivity contribution is 7.10. The van der Waals surface area contributed by atoms with E-state index in [-0.39, 0.29) is 17.5 Å². The minimum Gasteiger partial charge on any atom is -0.351 e. The molecule has 0 radical (unpaired) electrons. The monoisotopic (exact) mass is 424 g/mol. The predicted octanol–water partition coefficient (Wildman–Crippen LogP) is 4.92. The van der Waals surface area contributed by atoms with Crippen LogP contribution in [0.5, 0.6) is 0 Å². The quantitative estimate of drug-likeness (QED) is 0.398. The number of hydrogen-bond acceptors (Lipinski definition) is 3. The number of thiophene rings is 1. The van der Waals surface area contributed by atoms with Crippen LogP contribution >= 0.6 is 22.9 Å². The fourth-order valence-electron chi connectivity index (χ4n) is 2.70. The molecule has 0 atom stereocenters. The Kier molecular flexibility index (Phi) is 7.61. The Morgan fingerprint density at radius 1 is 0.966 bits per heavy atom. The average Bonchev–Trinajstić information content (AvgIpc) is 3.25. The van der Waals surface area contributed by atoms with Gasteiger partial charge < -0.3 is 10.6 Å². The normalized spacial score (nSPS) is 11.1. The maximum Gasteiger partial charge on any atom is 0.267 e. The van der Waals surface area contributed by atoms with Gasteiger partial charge in [0.1, 0.15) is 5.70 Å². The first-order valence-corrected chi connectivity index (χ1v) is 10.5. The van der Waals surface area contributed by atoms with Crippen molar-refractivity contribution in [1.82, 2.24) is 10.6 Å². The van der Waals surface area contributed by atoms with E-state index in [1.807, 2.05) is 47.8 Å². The SMILES string of the molecule is O=C(NCCCc1ccc(Cl)cc1)/C(=C/c1cccs1)NC(=O)c1ccccc1. The summed E-state index contributed by atoms with van der Waals surface area (Å²) in [7, 11) is 0. The van der Waals surface area contributed by atoms with E-state index < -0.39 is 0 Å². The molecule has 0 saturated carbocycles. The number of benzene rings is 2. The summed E-state index contributed by atoms with van der Waals surface area (Å²) in [6, 6.07) is 20.3. The van der Waals surface area contributed by atoms with Crippen molar-refractivity contribution in [3.05, 3.63) is 98.8 Å². The van der Waals surface area contributed by atoms with E-state index in [9.17, 15) is 9.59 Å². The van der Waals surface area contributed by atoms with E-state index in [0.717, 1.165) is 23.3 Å². The standard InChI is InChI=1S/C23H21ClN2O2S/c24-19-12-10-17(11-13-19)6-4-14-25-23(28)21(16-20-9-5-15-29-20)26-22(27)18-7-2-1-3-8-18/h1-3,5,7-13,15-16H,4,6,14H2,(H,25,28)(H,26,27)/b21-16-. The van der Waals surface area contributed by atoms with Crippen molar-refractivity contribution in [2.24, 2.45) is 0 Å². The van der Waals surface area contributed by atoms with Gasteiger partial charge in [-0.3, -0.25) is 9.59 Å². The van der Waals surface area contributed by atoms with Gasteiger partial charge in [-0.1, -0.05) is 48.0 Å². The first-order valence-electron chi connectivity index (χ1n) is 9.26. The van der Waals surface area contributed by atoms with Crippen molar-refractivity contribution in [3.63, 3.8) is 0 Å². The summed E-state index contributed by atoms with van der Waals surface area (Å²) < 4.78 is 0. The summed E-state index contributed by atoms with van der Waals surface area (Å²) in [5.74, 6) is -0.622. The van der Waals surface area contributed by atoms with Crippen LogP contribution in [0.1, 0.15) is 27.2 Å². The predicted molar refractivity (Wildman–Crippen MR) is 119 cm³/mol. The maximum atomic E-state index is 12.7. The highest BCUT2D eigenvalue weighted by atomic mass is 35.5. The highest BCUT2D eigenvalue weighted by Crippen LogP contribution is 2.14. The molecule has 3 rings (SSSR count). The lowest BCUT2D eigenvalue weighted by Crippen LogP contribution is -2.35. The fourth-order valence-corrected chi connectivity index (χ4v) is 3.48. The van der Waals surface area contributed by atoms with Gasteiger partial charge in [-0.2, -0.15) is 0 Å². The molecule has 0 aliphatic heterocycles.